The summed E-state index contributed by atoms with van der Waals surface area (Å²) in [6.45, 7) is 1.72. The summed E-state index contributed by atoms with van der Waals surface area (Å²) in [7, 11) is 0. The molecule has 2 aliphatic heterocycles. The van der Waals surface area contributed by atoms with Gasteiger partial charge in [-0.05, 0) is 25.0 Å². The second-order valence-corrected chi connectivity index (χ2v) is 4.66. The van der Waals surface area contributed by atoms with E-state index in [1.165, 1.54) is 0 Å². The number of piperidine rings is 1. The third kappa shape index (κ3) is 1.96. The molecule has 0 aromatic heterocycles. The molecule has 2 aliphatic rings. The van der Waals surface area contributed by atoms with Gasteiger partial charge in [0.15, 0.2) is 11.5 Å². The van der Waals surface area contributed by atoms with Crippen molar-refractivity contribution in [2.75, 3.05) is 24.8 Å². The number of carboxylic acid groups (broad SMARTS) is 1. The Hall–Kier alpha value is -1.91. The molecule has 0 aliphatic carbocycles. The van der Waals surface area contributed by atoms with Gasteiger partial charge in [0.1, 0.15) is 0 Å². The average Bonchev–Trinajstić information content (AvgIpc) is 2.86. The number of benzene rings is 1. The van der Waals surface area contributed by atoms with Crippen molar-refractivity contribution in [3.8, 4) is 11.5 Å². The van der Waals surface area contributed by atoms with E-state index in [1.807, 2.05) is 18.2 Å². The number of hydrogen-bond donors (Lipinski definition) is 1. The molecule has 0 spiro atoms. The summed E-state index contributed by atoms with van der Waals surface area (Å²) < 4.78 is 10.6. The van der Waals surface area contributed by atoms with Crippen LogP contribution >= 0.6 is 0 Å². The van der Waals surface area contributed by atoms with Gasteiger partial charge in [-0.25, -0.2) is 0 Å². The van der Waals surface area contributed by atoms with Gasteiger partial charge in [0, 0.05) is 24.8 Å². The number of anilines is 1. The van der Waals surface area contributed by atoms with Crippen LogP contribution in [-0.4, -0.2) is 31.0 Å². The van der Waals surface area contributed by atoms with Gasteiger partial charge in [0.2, 0.25) is 6.79 Å². The number of nitrogens with zero attached hydrogens (tertiary/aromatic N) is 1. The molecule has 1 N–H and O–H groups in total. The lowest BCUT2D eigenvalue weighted by molar-refractivity contribution is -0.141. The van der Waals surface area contributed by atoms with Gasteiger partial charge >= 0.3 is 5.97 Å². The van der Waals surface area contributed by atoms with Gasteiger partial charge in [0.05, 0.1) is 5.92 Å². The van der Waals surface area contributed by atoms with Crippen LogP contribution in [0.5, 0.6) is 11.5 Å². The lowest BCUT2D eigenvalue weighted by Crippen LogP contribution is -2.38. The molecule has 5 heteroatoms. The van der Waals surface area contributed by atoms with Crippen molar-refractivity contribution in [2.24, 2.45) is 5.92 Å². The van der Waals surface area contributed by atoms with Crippen LogP contribution in [0, 0.1) is 5.92 Å². The summed E-state index contributed by atoms with van der Waals surface area (Å²) in [5.74, 6) is 0.514. The van der Waals surface area contributed by atoms with Gasteiger partial charge in [-0.15, -0.1) is 0 Å². The standard InChI is InChI=1S/C13H15NO4/c15-13(16)9-2-1-5-14(7-9)10-3-4-11-12(6-10)18-8-17-11/h3-4,6,9H,1-2,5,7-8H2,(H,15,16). The number of carboxylic acids is 1. The molecule has 5 nitrogen and oxygen atoms in total. The molecule has 0 radical (unpaired) electrons. The molecule has 1 aromatic rings. The van der Waals surface area contributed by atoms with Crippen LogP contribution in [0.4, 0.5) is 5.69 Å². The Labute approximate surface area is 105 Å². The number of carbonyl (C=O) groups is 1. The van der Waals surface area contributed by atoms with E-state index in [9.17, 15) is 4.79 Å². The lowest BCUT2D eigenvalue weighted by Gasteiger charge is -2.32. The van der Waals surface area contributed by atoms with Crippen molar-refractivity contribution in [3.63, 3.8) is 0 Å². The maximum Gasteiger partial charge on any atom is 0.308 e. The highest BCUT2D eigenvalue weighted by molar-refractivity contribution is 5.71. The molecular formula is C13H15NO4. The summed E-state index contributed by atoms with van der Waals surface area (Å²) in [4.78, 5) is 13.1. The Morgan fingerprint density at radius 2 is 2.17 bits per heavy atom. The summed E-state index contributed by atoms with van der Waals surface area (Å²) in [5.41, 5.74) is 1.00. The van der Waals surface area contributed by atoms with E-state index < -0.39 is 5.97 Å². The quantitative estimate of drug-likeness (QED) is 0.864. The first-order valence-electron chi connectivity index (χ1n) is 6.11. The molecule has 1 unspecified atom stereocenters. The van der Waals surface area contributed by atoms with Crippen molar-refractivity contribution in [1.82, 2.24) is 0 Å². The van der Waals surface area contributed by atoms with Crippen LogP contribution in [0.25, 0.3) is 0 Å². The maximum absolute atomic E-state index is 11.0. The first kappa shape index (κ1) is 11.2. The predicted molar refractivity (Wildman–Crippen MR) is 65.1 cm³/mol. The minimum Gasteiger partial charge on any atom is -0.481 e. The minimum absolute atomic E-state index is 0.260. The van der Waals surface area contributed by atoms with Crippen LogP contribution in [0.2, 0.25) is 0 Å². The number of hydrogen-bond acceptors (Lipinski definition) is 4. The number of ether oxygens (including phenoxy) is 2. The summed E-state index contributed by atoms with van der Waals surface area (Å²) in [6.07, 6.45) is 1.67. The Morgan fingerprint density at radius 1 is 1.33 bits per heavy atom. The third-order valence-electron chi connectivity index (χ3n) is 3.49. The van der Waals surface area contributed by atoms with E-state index in [2.05, 4.69) is 4.90 Å². The predicted octanol–water partition coefficient (Wildman–Crippen LogP) is 1.72. The zero-order valence-electron chi connectivity index (χ0n) is 9.96. The van der Waals surface area contributed by atoms with E-state index in [4.69, 9.17) is 14.6 Å². The molecule has 0 saturated carbocycles. The monoisotopic (exact) mass is 249 g/mol. The molecule has 18 heavy (non-hydrogen) atoms. The average molecular weight is 249 g/mol. The van der Waals surface area contributed by atoms with Gasteiger partial charge in [-0.3, -0.25) is 4.79 Å². The second kappa shape index (κ2) is 4.40. The van der Waals surface area contributed by atoms with Gasteiger partial charge in [-0.1, -0.05) is 0 Å². The van der Waals surface area contributed by atoms with Crippen molar-refractivity contribution >= 4 is 11.7 Å². The molecule has 3 rings (SSSR count). The summed E-state index contributed by atoms with van der Waals surface area (Å²) in [5, 5.41) is 9.09. The van der Waals surface area contributed by atoms with Crippen molar-refractivity contribution in [1.29, 1.82) is 0 Å². The van der Waals surface area contributed by atoms with E-state index in [0.29, 0.717) is 6.54 Å². The van der Waals surface area contributed by atoms with Crippen LogP contribution in [0.15, 0.2) is 18.2 Å². The van der Waals surface area contributed by atoms with Gasteiger partial charge in [0.25, 0.3) is 0 Å². The van der Waals surface area contributed by atoms with Crippen LogP contribution in [0.3, 0.4) is 0 Å². The highest BCUT2D eigenvalue weighted by Crippen LogP contribution is 2.36. The Kier molecular flexibility index (Phi) is 2.74. The lowest BCUT2D eigenvalue weighted by atomic mass is 9.98. The highest BCUT2D eigenvalue weighted by atomic mass is 16.7. The molecule has 0 amide bonds. The van der Waals surface area contributed by atoms with E-state index in [0.717, 1.165) is 36.6 Å². The Morgan fingerprint density at radius 3 is 3.00 bits per heavy atom. The van der Waals surface area contributed by atoms with Crippen molar-refractivity contribution in [2.45, 2.75) is 12.8 Å². The Bertz CT molecular complexity index is 474. The topological polar surface area (TPSA) is 59.0 Å². The minimum atomic E-state index is -0.708. The van der Waals surface area contributed by atoms with Crippen LogP contribution in [-0.2, 0) is 4.79 Å². The zero-order chi connectivity index (χ0) is 12.5. The smallest absolute Gasteiger partial charge is 0.308 e. The van der Waals surface area contributed by atoms with Gasteiger partial charge in [-0.2, -0.15) is 0 Å². The Balaban J connectivity index is 1.80. The van der Waals surface area contributed by atoms with E-state index in [-0.39, 0.29) is 12.7 Å². The summed E-state index contributed by atoms with van der Waals surface area (Å²) in [6, 6.07) is 5.76. The fourth-order valence-electron chi connectivity index (χ4n) is 2.50. The van der Waals surface area contributed by atoms with Crippen molar-refractivity contribution in [3.05, 3.63) is 18.2 Å². The SMILES string of the molecule is O=C(O)C1CCCN(c2ccc3c(c2)OCO3)C1. The first-order chi connectivity index (χ1) is 8.74. The third-order valence-corrected chi connectivity index (χ3v) is 3.49. The molecule has 0 bridgehead atoms. The molecule has 1 fully saturated rings. The molecular weight excluding hydrogens is 234 g/mol. The van der Waals surface area contributed by atoms with Crippen LogP contribution in [0.1, 0.15) is 12.8 Å². The molecule has 2 heterocycles. The molecule has 96 valence electrons. The molecule has 1 atom stereocenters. The van der Waals surface area contributed by atoms with E-state index in [1.54, 1.807) is 0 Å². The molecule has 1 saturated heterocycles. The largest absolute Gasteiger partial charge is 0.481 e. The van der Waals surface area contributed by atoms with E-state index >= 15 is 0 Å². The van der Waals surface area contributed by atoms with Crippen molar-refractivity contribution < 1.29 is 19.4 Å². The second-order valence-electron chi connectivity index (χ2n) is 4.66. The fraction of sp³-hybridized carbons (Fsp3) is 0.462. The van der Waals surface area contributed by atoms with Crippen LogP contribution < -0.4 is 14.4 Å². The number of rotatable bonds is 2. The fourth-order valence-corrected chi connectivity index (χ4v) is 2.50. The number of aliphatic carboxylic acids is 1. The van der Waals surface area contributed by atoms with Gasteiger partial charge < -0.3 is 19.5 Å². The molecule has 1 aromatic carbocycles. The zero-order valence-corrected chi connectivity index (χ0v) is 9.96. The first-order valence-corrected chi connectivity index (χ1v) is 6.11. The maximum atomic E-state index is 11.0. The normalized spacial score (nSPS) is 22.0. The highest BCUT2D eigenvalue weighted by Gasteiger charge is 2.26. The summed E-state index contributed by atoms with van der Waals surface area (Å²) >= 11 is 0. The number of fused-ring (bicyclic) bond motifs is 1.